The first-order chi connectivity index (χ1) is 9.74. The van der Waals surface area contributed by atoms with Gasteiger partial charge in [0.2, 0.25) is 0 Å². The molecule has 0 aliphatic carbocycles. The molecular weight excluding hydrogens is 325 g/mol. The van der Waals surface area contributed by atoms with Crippen LogP contribution in [0.4, 0.5) is 5.69 Å². The minimum atomic E-state index is -0.179. The number of benzene rings is 1. The highest BCUT2D eigenvalue weighted by atomic mass is 35.5. The monoisotopic (exact) mass is 341 g/mol. The molecule has 7 heteroatoms. The molecule has 2 aromatic rings. The van der Waals surface area contributed by atoms with E-state index in [1.165, 1.54) is 0 Å². The van der Waals surface area contributed by atoms with Crippen LogP contribution in [0.5, 0.6) is 5.75 Å². The zero-order valence-corrected chi connectivity index (χ0v) is 13.3. The van der Waals surface area contributed by atoms with Crippen LogP contribution in [0.1, 0.15) is 28.4 Å². The van der Waals surface area contributed by atoms with E-state index in [1.807, 2.05) is 6.07 Å². The number of hydrogen-bond acceptors (Lipinski definition) is 4. The molecular formula is C15H17Cl2N3O2. The maximum Gasteiger partial charge on any atom is 0.255 e. The van der Waals surface area contributed by atoms with Gasteiger partial charge in [-0.15, -0.1) is 24.8 Å². The fourth-order valence-electron chi connectivity index (χ4n) is 2.20. The summed E-state index contributed by atoms with van der Waals surface area (Å²) >= 11 is 0. The fraction of sp³-hybridized carbons (Fsp3) is 0.200. The molecule has 1 aromatic carbocycles. The van der Waals surface area contributed by atoms with Crippen LogP contribution in [-0.4, -0.2) is 17.5 Å². The quantitative estimate of drug-likeness (QED) is 0.880. The largest absolute Gasteiger partial charge is 0.493 e. The zero-order chi connectivity index (χ0) is 13.9. The first-order valence-electron chi connectivity index (χ1n) is 6.48. The summed E-state index contributed by atoms with van der Waals surface area (Å²) < 4.78 is 5.56. The highest BCUT2D eigenvalue weighted by Gasteiger charge is 2.19. The van der Waals surface area contributed by atoms with Gasteiger partial charge in [0.25, 0.3) is 5.91 Å². The normalized spacial score (nSPS) is 15.4. The van der Waals surface area contributed by atoms with E-state index in [-0.39, 0.29) is 36.8 Å². The van der Waals surface area contributed by atoms with Crippen LogP contribution in [0.25, 0.3) is 0 Å². The molecule has 5 nitrogen and oxygen atoms in total. The Labute approximate surface area is 141 Å². The predicted octanol–water partition coefficient (Wildman–Crippen LogP) is 2.96. The van der Waals surface area contributed by atoms with Gasteiger partial charge in [-0.05, 0) is 24.3 Å². The van der Waals surface area contributed by atoms with E-state index in [0.29, 0.717) is 23.6 Å². The van der Waals surface area contributed by atoms with Crippen LogP contribution in [0.15, 0.2) is 42.7 Å². The summed E-state index contributed by atoms with van der Waals surface area (Å²) in [5.74, 6) is 0.521. The summed E-state index contributed by atoms with van der Waals surface area (Å²) in [5, 5.41) is 2.81. The smallest absolute Gasteiger partial charge is 0.255 e. The molecule has 0 spiro atoms. The van der Waals surface area contributed by atoms with Gasteiger partial charge < -0.3 is 15.8 Å². The van der Waals surface area contributed by atoms with Gasteiger partial charge in [-0.1, -0.05) is 6.07 Å². The van der Waals surface area contributed by atoms with E-state index in [1.54, 1.807) is 36.7 Å². The third-order valence-electron chi connectivity index (χ3n) is 3.30. The number of nitrogens with two attached hydrogens (primary N) is 1. The number of pyridine rings is 1. The number of ether oxygens (including phenoxy) is 1. The van der Waals surface area contributed by atoms with Crippen molar-refractivity contribution in [1.29, 1.82) is 0 Å². The van der Waals surface area contributed by atoms with Gasteiger partial charge in [-0.2, -0.15) is 0 Å². The number of halogens is 2. The Kier molecular flexibility index (Phi) is 6.61. The van der Waals surface area contributed by atoms with Gasteiger partial charge in [0.1, 0.15) is 5.75 Å². The number of nitrogens with one attached hydrogen (secondary N) is 1. The third-order valence-corrected chi connectivity index (χ3v) is 3.30. The van der Waals surface area contributed by atoms with Gasteiger partial charge in [0.05, 0.1) is 6.61 Å². The Morgan fingerprint density at radius 2 is 1.95 bits per heavy atom. The van der Waals surface area contributed by atoms with E-state index in [0.717, 1.165) is 12.0 Å². The van der Waals surface area contributed by atoms with Crippen LogP contribution < -0.4 is 15.8 Å². The highest BCUT2D eigenvalue weighted by Crippen LogP contribution is 2.31. The third kappa shape index (κ3) is 3.88. The molecule has 1 aliphatic heterocycles. The molecule has 0 saturated heterocycles. The second-order valence-electron chi connectivity index (χ2n) is 4.69. The lowest BCUT2D eigenvalue weighted by molar-refractivity contribution is 0.102. The first-order valence-corrected chi connectivity index (χ1v) is 6.48. The summed E-state index contributed by atoms with van der Waals surface area (Å²) in [6.07, 6.45) is 4.06. The predicted molar refractivity (Wildman–Crippen MR) is 90.2 cm³/mol. The van der Waals surface area contributed by atoms with Crippen LogP contribution in [-0.2, 0) is 0 Å². The molecule has 3 N–H and O–H groups in total. The van der Waals surface area contributed by atoms with Crippen molar-refractivity contribution in [2.75, 3.05) is 11.9 Å². The maximum absolute atomic E-state index is 12.2. The summed E-state index contributed by atoms with van der Waals surface area (Å²) in [7, 11) is 0. The zero-order valence-electron chi connectivity index (χ0n) is 11.7. The lowest BCUT2D eigenvalue weighted by atomic mass is 9.99. The molecule has 1 atom stereocenters. The molecule has 3 rings (SSSR count). The number of anilines is 1. The van der Waals surface area contributed by atoms with Gasteiger partial charge in [-0.3, -0.25) is 9.78 Å². The van der Waals surface area contributed by atoms with E-state index in [9.17, 15) is 4.79 Å². The topological polar surface area (TPSA) is 77.2 Å². The Morgan fingerprint density at radius 3 is 2.68 bits per heavy atom. The number of carbonyl (C=O) groups is 1. The SMILES string of the molecule is Cl.Cl.NC1CCOc2cc(C(=O)Nc3ccncc3)ccc21. The van der Waals surface area contributed by atoms with Gasteiger partial charge in [0.15, 0.2) is 0 Å². The van der Waals surface area contributed by atoms with Gasteiger partial charge >= 0.3 is 0 Å². The van der Waals surface area contributed by atoms with Crippen molar-refractivity contribution >= 4 is 36.4 Å². The number of carbonyl (C=O) groups excluding carboxylic acids is 1. The number of aromatic nitrogens is 1. The van der Waals surface area contributed by atoms with E-state index in [4.69, 9.17) is 10.5 Å². The molecule has 1 aromatic heterocycles. The van der Waals surface area contributed by atoms with Crippen LogP contribution >= 0.6 is 24.8 Å². The van der Waals surface area contributed by atoms with Gasteiger partial charge in [-0.25, -0.2) is 0 Å². The van der Waals surface area contributed by atoms with Crippen molar-refractivity contribution in [3.05, 3.63) is 53.9 Å². The first kappa shape index (κ1) is 18.2. The van der Waals surface area contributed by atoms with Crippen LogP contribution in [0.2, 0.25) is 0 Å². The van der Waals surface area contributed by atoms with E-state index >= 15 is 0 Å². The number of rotatable bonds is 2. The van der Waals surface area contributed by atoms with Crippen molar-refractivity contribution in [1.82, 2.24) is 4.98 Å². The molecule has 0 radical (unpaired) electrons. The summed E-state index contributed by atoms with van der Waals surface area (Å²) in [5.41, 5.74) is 8.22. The molecule has 0 fully saturated rings. The molecule has 1 aliphatic rings. The van der Waals surface area contributed by atoms with Crippen LogP contribution in [0, 0.1) is 0 Å². The number of fused-ring (bicyclic) bond motifs is 1. The second-order valence-corrected chi connectivity index (χ2v) is 4.69. The van der Waals surface area contributed by atoms with Crippen molar-refractivity contribution in [2.24, 2.45) is 5.73 Å². The van der Waals surface area contributed by atoms with E-state index < -0.39 is 0 Å². The van der Waals surface area contributed by atoms with Gasteiger partial charge in [0, 0.05) is 41.7 Å². The standard InChI is InChI=1S/C15H15N3O2.2ClH/c16-13-5-8-20-14-9-10(1-2-12(13)14)15(19)18-11-3-6-17-7-4-11;;/h1-4,6-7,9,13H,5,8,16H2,(H,17,18,19);2*1H. The number of amides is 1. The van der Waals surface area contributed by atoms with Crippen molar-refractivity contribution < 1.29 is 9.53 Å². The fourth-order valence-corrected chi connectivity index (χ4v) is 2.20. The minimum Gasteiger partial charge on any atom is -0.493 e. The molecule has 22 heavy (non-hydrogen) atoms. The minimum absolute atomic E-state index is 0. The Balaban J connectivity index is 0.00000121. The lowest BCUT2D eigenvalue weighted by Crippen LogP contribution is -2.21. The second kappa shape index (κ2) is 7.98. The average molecular weight is 342 g/mol. The summed E-state index contributed by atoms with van der Waals surface area (Å²) in [4.78, 5) is 16.1. The summed E-state index contributed by atoms with van der Waals surface area (Å²) in [6, 6.07) is 8.83. The Morgan fingerprint density at radius 1 is 1.23 bits per heavy atom. The lowest BCUT2D eigenvalue weighted by Gasteiger charge is -2.23. The van der Waals surface area contributed by atoms with Crippen molar-refractivity contribution in [2.45, 2.75) is 12.5 Å². The Bertz CT molecular complexity index is 638. The number of hydrogen-bond donors (Lipinski definition) is 2. The summed E-state index contributed by atoms with van der Waals surface area (Å²) in [6.45, 7) is 0.587. The Hall–Kier alpha value is -1.82. The number of nitrogens with zero attached hydrogens (tertiary/aromatic N) is 1. The average Bonchev–Trinajstić information content (AvgIpc) is 2.48. The van der Waals surface area contributed by atoms with Crippen LogP contribution in [0.3, 0.4) is 0 Å². The maximum atomic E-state index is 12.2. The molecule has 1 amide bonds. The molecule has 1 unspecified atom stereocenters. The van der Waals surface area contributed by atoms with Crippen molar-refractivity contribution in [3.63, 3.8) is 0 Å². The van der Waals surface area contributed by atoms with E-state index in [2.05, 4.69) is 10.3 Å². The molecule has 0 saturated carbocycles. The molecule has 118 valence electrons. The highest BCUT2D eigenvalue weighted by molar-refractivity contribution is 6.04. The molecule has 0 bridgehead atoms. The van der Waals surface area contributed by atoms with Crippen molar-refractivity contribution in [3.8, 4) is 5.75 Å². The molecule has 2 heterocycles.